The van der Waals surface area contributed by atoms with E-state index in [1.165, 1.54) is 25.3 Å². The summed E-state index contributed by atoms with van der Waals surface area (Å²) >= 11 is 0. The van der Waals surface area contributed by atoms with E-state index in [0.717, 1.165) is 64.5 Å². The summed E-state index contributed by atoms with van der Waals surface area (Å²) in [6, 6.07) is 2.43. The lowest BCUT2D eigenvalue weighted by Crippen LogP contribution is -2.47. The van der Waals surface area contributed by atoms with Gasteiger partial charge < -0.3 is 19.5 Å². The summed E-state index contributed by atoms with van der Waals surface area (Å²) in [5.41, 5.74) is 0.0124. The lowest BCUT2D eigenvalue weighted by Gasteiger charge is -2.36. The Hall–Kier alpha value is -2.26. The topological polar surface area (TPSA) is 70.8 Å². The molecule has 1 aromatic heterocycles. The smallest absolute Gasteiger partial charge is 0.223 e. The second kappa shape index (κ2) is 10.6. The molecule has 3 heterocycles. The number of hydrogen-bond donors (Lipinski definition) is 1. The summed E-state index contributed by atoms with van der Waals surface area (Å²) in [5, 5.41) is 7.69. The molecule has 186 valence electrons. The standard InChI is InChI=1S/C25H34F2N4O3/c26-19-15-21-23(22(27)16-19)34-29-24(21)31-11-9-30(10-12-31)8-5-17-1-3-20(4-2-17)28-25(32)18-6-13-33-14-7-18/h15-18,20H,1-14H2,(H,28,32). The quantitative estimate of drug-likeness (QED) is 0.685. The van der Waals surface area contributed by atoms with Gasteiger partial charge in [-0.2, -0.15) is 0 Å². The summed E-state index contributed by atoms with van der Waals surface area (Å²) in [4.78, 5) is 17.0. The molecular weight excluding hydrogens is 442 g/mol. The van der Waals surface area contributed by atoms with E-state index >= 15 is 0 Å². The number of anilines is 1. The van der Waals surface area contributed by atoms with Crippen LogP contribution in [-0.2, 0) is 9.53 Å². The zero-order valence-corrected chi connectivity index (χ0v) is 19.6. The average molecular weight is 477 g/mol. The molecule has 0 unspecified atom stereocenters. The highest BCUT2D eigenvalue weighted by molar-refractivity contribution is 5.89. The van der Waals surface area contributed by atoms with Crippen LogP contribution in [0.4, 0.5) is 14.6 Å². The Labute approximate surface area is 198 Å². The number of aromatic nitrogens is 1. The van der Waals surface area contributed by atoms with Gasteiger partial charge in [-0.3, -0.25) is 9.69 Å². The van der Waals surface area contributed by atoms with E-state index in [9.17, 15) is 13.6 Å². The van der Waals surface area contributed by atoms with Gasteiger partial charge in [0.05, 0.1) is 5.39 Å². The van der Waals surface area contributed by atoms with Crippen LogP contribution in [0.2, 0.25) is 0 Å². The van der Waals surface area contributed by atoms with Gasteiger partial charge in [0, 0.05) is 57.4 Å². The summed E-state index contributed by atoms with van der Waals surface area (Å²) in [6.07, 6.45) is 7.33. The zero-order chi connectivity index (χ0) is 23.5. The van der Waals surface area contributed by atoms with Gasteiger partial charge in [0.2, 0.25) is 11.5 Å². The van der Waals surface area contributed by atoms with Crippen molar-refractivity contribution in [2.75, 3.05) is 50.8 Å². The molecule has 7 nitrogen and oxygen atoms in total. The maximum Gasteiger partial charge on any atom is 0.223 e. The van der Waals surface area contributed by atoms with E-state index < -0.39 is 11.6 Å². The van der Waals surface area contributed by atoms with Gasteiger partial charge in [-0.15, -0.1) is 0 Å². The molecular formula is C25H34F2N4O3. The van der Waals surface area contributed by atoms with E-state index in [2.05, 4.69) is 15.4 Å². The second-order valence-electron chi connectivity index (χ2n) is 10.0. The van der Waals surface area contributed by atoms with Gasteiger partial charge in [-0.1, -0.05) is 5.16 Å². The van der Waals surface area contributed by atoms with Crippen LogP contribution in [0.15, 0.2) is 16.7 Å². The average Bonchev–Trinajstić information content (AvgIpc) is 3.29. The Morgan fingerprint density at radius 2 is 1.76 bits per heavy atom. The van der Waals surface area contributed by atoms with Gasteiger partial charge in [-0.05, 0) is 63.5 Å². The molecule has 1 aliphatic carbocycles. The summed E-state index contributed by atoms with van der Waals surface area (Å²) in [7, 11) is 0. The minimum Gasteiger partial charge on any atom is -0.381 e. The van der Waals surface area contributed by atoms with Crippen molar-refractivity contribution in [3.05, 3.63) is 23.8 Å². The number of piperazine rings is 1. The molecule has 1 amide bonds. The second-order valence-corrected chi connectivity index (χ2v) is 10.0. The number of nitrogens with zero attached hydrogens (tertiary/aromatic N) is 3. The van der Waals surface area contributed by atoms with E-state index in [1.807, 2.05) is 4.90 Å². The number of ether oxygens (including phenoxy) is 1. The van der Waals surface area contributed by atoms with Crippen LogP contribution in [-0.4, -0.2) is 67.9 Å². The highest BCUT2D eigenvalue weighted by Gasteiger charge is 2.28. The van der Waals surface area contributed by atoms with Gasteiger partial charge in [0.1, 0.15) is 5.82 Å². The molecule has 3 fully saturated rings. The van der Waals surface area contributed by atoms with Crippen molar-refractivity contribution >= 4 is 22.7 Å². The van der Waals surface area contributed by atoms with Gasteiger partial charge in [0.15, 0.2) is 11.6 Å². The number of amides is 1. The summed E-state index contributed by atoms with van der Waals surface area (Å²) < 4.78 is 38.1. The molecule has 2 aromatic rings. The number of carbonyl (C=O) groups is 1. The molecule has 1 aromatic carbocycles. The van der Waals surface area contributed by atoms with E-state index in [-0.39, 0.29) is 17.4 Å². The van der Waals surface area contributed by atoms with Crippen molar-refractivity contribution in [3.8, 4) is 0 Å². The third-order valence-corrected chi connectivity index (χ3v) is 7.78. The SMILES string of the molecule is O=C(NC1CCC(CCN2CCN(c3noc4c(F)cc(F)cc34)CC2)CC1)C1CCOCC1. The maximum absolute atomic E-state index is 13.9. The van der Waals surface area contributed by atoms with Crippen LogP contribution < -0.4 is 10.2 Å². The Bertz CT molecular complexity index is 978. The van der Waals surface area contributed by atoms with Crippen LogP contribution in [0.3, 0.4) is 0 Å². The van der Waals surface area contributed by atoms with Crippen molar-refractivity contribution < 1.29 is 22.8 Å². The fourth-order valence-electron chi connectivity index (χ4n) is 5.61. The number of benzene rings is 1. The predicted octanol–water partition coefficient (Wildman–Crippen LogP) is 3.72. The van der Waals surface area contributed by atoms with Crippen LogP contribution in [0.25, 0.3) is 11.0 Å². The molecule has 9 heteroatoms. The Balaban J connectivity index is 1.03. The monoisotopic (exact) mass is 476 g/mol. The van der Waals surface area contributed by atoms with Crippen molar-refractivity contribution in [2.45, 2.75) is 51.0 Å². The van der Waals surface area contributed by atoms with Crippen LogP contribution in [0.1, 0.15) is 44.9 Å². The molecule has 1 N–H and O–H groups in total. The van der Waals surface area contributed by atoms with Crippen molar-refractivity contribution in [3.63, 3.8) is 0 Å². The molecule has 0 spiro atoms. The molecule has 0 bridgehead atoms. The van der Waals surface area contributed by atoms with Crippen molar-refractivity contribution in [1.29, 1.82) is 0 Å². The zero-order valence-electron chi connectivity index (χ0n) is 19.6. The van der Waals surface area contributed by atoms with Crippen LogP contribution >= 0.6 is 0 Å². The number of halogens is 2. The Kier molecular flexibility index (Phi) is 7.29. The van der Waals surface area contributed by atoms with E-state index in [1.54, 1.807) is 0 Å². The first-order chi connectivity index (χ1) is 16.6. The molecule has 5 rings (SSSR count). The molecule has 34 heavy (non-hydrogen) atoms. The van der Waals surface area contributed by atoms with Gasteiger partial charge >= 0.3 is 0 Å². The van der Waals surface area contributed by atoms with Crippen molar-refractivity contribution in [1.82, 2.24) is 15.4 Å². The number of fused-ring (bicyclic) bond motifs is 1. The molecule has 2 saturated heterocycles. The maximum atomic E-state index is 13.9. The number of nitrogens with one attached hydrogen (secondary N) is 1. The fourth-order valence-corrected chi connectivity index (χ4v) is 5.61. The highest BCUT2D eigenvalue weighted by Crippen LogP contribution is 2.31. The predicted molar refractivity (Wildman–Crippen MR) is 125 cm³/mol. The first-order valence-corrected chi connectivity index (χ1v) is 12.7. The van der Waals surface area contributed by atoms with Crippen LogP contribution in [0, 0.1) is 23.5 Å². The molecule has 0 radical (unpaired) electrons. The Morgan fingerprint density at radius 3 is 2.50 bits per heavy atom. The fraction of sp³-hybridized carbons (Fsp3) is 0.680. The lowest BCUT2D eigenvalue weighted by atomic mass is 9.83. The minimum absolute atomic E-state index is 0.0124. The molecule has 3 aliphatic rings. The first-order valence-electron chi connectivity index (χ1n) is 12.7. The first kappa shape index (κ1) is 23.5. The van der Waals surface area contributed by atoms with E-state index in [0.29, 0.717) is 36.4 Å². The summed E-state index contributed by atoms with van der Waals surface area (Å²) in [5.74, 6) is 0.235. The largest absolute Gasteiger partial charge is 0.381 e. The highest BCUT2D eigenvalue weighted by atomic mass is 19.1. The van der Waals surface area contributed by atoms with Gasteiger partial charge in [0.25, 0.3) is 0 Å². The Morgan fingerprint density at radius 1 is 1.03 bits per heavy atom. The number of rotatable bonds is 6. The van der Waals surface area contributed by atoms with E-state index in [4.69, 9.17) is 9.26 Å². The molecule has 2 aliphatic heterocycles. The lowest BCUT2D eigenvalue weighted by molar-refractivity contribution is -0.128. The van der Waals surface area contributed by atoms with Crippen LogP contribution in [0.5, 0.6) is 0 Å². The normalized spacial score (nSPS) is 25.1. The van der Waals surface area contributed by atoms with Crippen molar-refractivity contribution in [2.24, 2.45) is 11.8 Å². The molecule has 1 saturated carbocycles. The minimum atomic E-state index is -0.717. The number of carbonyl (C=O) groups excluding carboxylic acids is 1. The number of hydrogen-bond acceptors (Lipinski definition) is 6. The third kappa shape index (κ3) is 5.35. The van der Waals surface area contributed by atoms with Gasteiger partial charge in [-0.25, -0.2) is 8.78 Å². The molecule has 0 atom stereocenters. The summed E-state index contributed by atoms with van der Waals surface area (Å²) in [6.45, 7) is 5.75. The third-order valence-electron chi connectivity index (χ3n) is 7.78.